The zero-order valence-electron chi connectivity index (χ0n) is 18.0. The Balaban J connectivity index is 1.41. The number of aromatic nitrogens is 2. The number of carbonyl (C=O) groups is 1. The van der Waals surface area contributed by atoms with Crippen molar-refractivity contribution in [3.05, 3.63) is 119 Å². The Labute approximate surface area is 183 Å². The van der Waals surface area contributed by atoms with Gasteiger partial charge in [-0.2, -0.15) is 5.10 Å². The predicted octanol–water partition coefficient (Wildman–Crippen LogP) is 5.33. The van der Waals surface area contributed by atoms with Gasteiger partial charge in [0.05, 0.1) is 17.4 Å². The second-order valence-corrected chi connectivity index (χ2v) is 7.83. The highest BCUT2D eigenvalue weighted by atomic mass is 16.1. The number of benzene rings is 3. The fourth-order valence-electron chi connectivity index (χ4n) is 3.84. The molecule has 0 fully saturated rings. The van der Waals surface area contributed by atoms with Crippen LogP contribution in [0.5, 0.6) is 0 Å². The summed E-state index contributed by atoms with van der Waals surface area (Å²) in [5, 5.41) is 7.74. The van der Waals surface area contributed by atoms with Crippen LogP contribution in [-0.4, -0.2) is 15.7 Å². The summed E-state index contributed by atoms with van der Waals surface area (Å²) in [5.74, 6) is 0.0420. The minimum absolute atomic E-state index is 0.0420. The van der Waals surface area contributed by atoms with Crippen molar-refractivity contribution in [2.75, 3.05) is 0 Å². The van der Waals surface area contributed by atoms with E-state index in [1.807, 2.05) is 54.9 Å². The summed E-state index contributed by atoms with van der Waals surface area (Å²) in [6.07, 6.45) is 1.13. The number of rotatable bonds is 7. The van der Waals surface area contributed by atoms with Crippen LogP contribution in [0.1, 0.15) is 40.5 Å². The third kappa shape index (κ3) is 5.10. The highest BCUT2D eigenvalue weighted by Gasteiger charge is 2.16. The van der Waals surface area contributed by atoms with Crippen molar-refractivity contribution in [2.45, 2.75) is 32.7 Å². The van der Waals surface area contributed by atoms with Gasteiger partial charge in [0.1, 0.15) is 0 Å². The van der Waals surface area contributed by atoms with Crippen LogP contribution in [0.25, 0.3) is 5.69 Å². The number of aryl methyl sites for hydroxylation is 3. The minimum Gasteiger partial charge on any atom is -0.345 e. The number of nitrogens with zero attached hydrogens (tertiary/aromatic N) is 2. The van der Waals surface area contributed by atoms with Gasteiger partial charge < -0.3 is 5.32 Å². The molecule has 1 N–H and O–H groups in total. The number of nitrogens with one attached hydrogen (secondary N) is 1. The van der Waals surface area contributed by atoms with Crippen LogP contribution in [0.4, 0.5) is 0 Å². The lowest BCUT2D eigenvalue weighted by atomic mass is 9.98. The second-order valence-electron chi connectivity index (χ2n) is 7.83. The Morgan fingerprint density at radius 1 is 0.871 bits per heavy atom. The fraction of sp³-hybridized carbons (Fsp3) is 0.185. The first-order valence-electron chi connectivity index (χ1n) is 10.6. The molecule has 4 heteroatoms. The van der Waals surface area contributed by atoms with E-state index in [9.17, 15) is 4.79 Å². The number of amides is 1. The first-order valence-corrected chi connectivity index (χ1v) is 10.6. The predicted molar refractivity (Wildman–Crippen MR) is 124 cm³/mol. The van der Waals surface area contributed by atoms with Crippen LogP contribution in [0.2, 0.25) is 0 Å². The number of hydrogen-bond acceptors (Lipinski definition) is 2. The second kappa shape index (κ2) is 9.43. The van der Waals surface area contributed by atoms with E-state index >= 15 is 0 Å². The molecule has 0 radical (unpaired) electrons. The van der Waals surface area contributed by atoms with Gasteiger partial charge in [0, 0.05) is 12.1 Å². The highest BCUT2D eigenvalue weighted by Crippen LogP contribution is 2.22. The van der Waals surface area contributed by atoms with Gasteiger partial charge in [-0.15, -0.1) is 0 Å². The normalized spacial score (nSPS) is 10.9. The lowest BCUT2D eigenvalue weighted by molar-refractivity contribution is -0.121. The van der Waals surface area contributed by atoms with E-state index in [0.717, 1.165) is 33.8 Å². The standard InChI is InChI=1S/C27H27N3O/c1-20-19-21(2)30(29-20)25-16-13-22(14-17-25)15-18-26(31)28-27(23-9-5-3-6-10-23)24-11-7-4-8-12-24/h3-14,16-17,19,27H,15,18H2,1-2H3,(H,28,31). The summed E-state index contributed by atoms with van der Waals surface area (Å²) < 4.78 is 1.94. The Bertz CT molecular complexity index is 1090. The minimum atomic E-state index is -0.150. The van der Waals surface area contributed by atoms with Crippen molar-refractivity contribution in [1.29, 1.82) is 0 Å². The first kappa shape index (κ1) is 20.6. The summed E-state index contributed by atoms with van der Waals surface area (Å²) in [7, 11) is 0. The van der Waals surface area contributed by atoms with Crippen LogP contribution in [0.15, 0.2) is 91.0 Å². The molecule has 1 heterocycles. The summed E-state index contributed by atoms with van der Waals surface area (Å²) in [6.45, 7) is 4.04. The van der Waals surface area contributed by atoms with Crippen molar-refractivity contribution in [2.24, 2.45) is 0 Å². The molecule has 156 valence electrons. The molecule has 1 aromatic heterocycles. The Kier molecular flexibility index (Phi) is 6.27. The largest absolute Gasteiger partial charge is 0.345 e. The maximum Gasteiger partial charge on any atom is 0.221 e. The summed E-state index contributed by atoms with van der Waals surface area (Å²) in [5.41, 5.74) is 6.44. The van der Waals surface area contributed by atoms with Crippen LogP contribution in [0.3, 0.4) is 0 Å². The Morgan fingerprint density at radius 2 is 1.45 bits per heavy atom. The molecular weight excluding hydrogens is 382 g/mol. The van der Waals surface area contributed by atoms with Gasteiger partial charge in [0.15, 0.2) is 0 Å². The molecule has 0 atom stereocenters. The van der Waals surface area contributed by atoms with Crippen molar-refractivity contribution in [1.82, 2.24) is 15.1 Å². The molecule has 0 unspecified atom stereocenters. The molecule has 0 saturated heterocycles. The number of carbonyl (C=O) groups excluding carboxylic acids is 1. The molecule has 0 spiro atoms. The molecule has 1 amide bonds. The topological polar surface area (TPSA) is 46.9 Å². The highest BCUT2D eigenvalue weighted by molar-refractivity contribution is 5.77. The average Bonchev–Trinajstić information content (AvgIpc) is 3.15. The SMILES string of the molecule is Cc1cc(C)n(-c2ccc(CCC(=O)NC(c3ccccc3)c3ccccc3)cc2)n1. The van der Waals surface area contributed by atoms with Crippen LogP contribution < -0.4 is 5.32 Å². The van der Waals surface area contributed by atoms with E-state index in [1.54, 1.807) is 0 Å². The fourth-order valence-corrected chi connectivity index (χ4v) is 3.84. The molecule has 0 aliphatic heterocycles. The van der Waals surface area contributed by atoms with Crippen molar-refractivity contribution in [3.8, 4) is 5.69 Å². The van der Waals surface area contributed by atoms with E-state index in [2.05, 4.69) is 65.0 Å². The smallest absolute Gasteiger partial charge is 0.221 e. The summed E-state index contributed by atoms with van der Waals surface area (Å²) in [4.78, 5) is 12.8. The molecular formula is C27H27N3O. The lowest BCUT2D eigenvalue weighted by Crippen LogP contribution is -2.29. The van der Waals surface area contributed by atoms with E-state index in [1.165, 1.54) is 0 Å². The van der Waals surface area contributed by atoms with Gasteiger partial charge in [-0.05, 0) is 55.2 Å². The lowest BCUT2D eigenvalue weighted by Gasteiger charge is -2.20. The van der Waals surface area contributed by atoms with Crippen molar-refractivity contribution < 1.29 is 4.79 Å². The van der Waals surface area contributed by atoms with Gasteiger partial charge >= 0.3 is 0 Å². The van der Waals surface area contributed by atoms with Gasteiger partial charge in [0.25, 0.3) is 0 Å². The van der Waals surface area contributed by atoms with Crippen LogP contribution in [-0.2, 0) is 11.2 Å². The molecule has 0 aliphatic rings. The third-order valence-electron chi connectivity index (χ3n) is 5.40. The third-order valence-corrected chi connectivity index (χ3v) is 5.40. The van der Waals surface area contributed by atoms with Crippen LogP contribution >= 0.6 is 0 Å². The van der Waals surface area contributed by atoms with Gasteiger partial charge in [-0.25, -0.2) is 4.68 Å². The zero-order chi connectivity index (χ0) is 21.6. The monoisotopic (exact) mass is 409 g/mol. The van der Waals surface area contributed by atoms with Gasteiger partial charge in [0.2, 0.25) is 5.91 Å². The quantitative estimate of drug-likeness (QED) is 0.449. The summed E-state index contributed by atoms with van der Waals surface area (Å²) >= 11 is 0. The number of hydrogen-bond donors (Lipinski definition) is 1. The molecule has 0 aliphatic carbocycles. The van der Waals surface area contributed by atoms with Gasteiger partial charge in [-0.3, -0.25) is 4.79 Å². The first-order chi connectivity index (χ1) is 15.1. The average molecular weight is 410 g/mol. The maximum absolute atomic E-state index is 12.8. The molecule has 31 heavy (non-hydrogen) atoms. The maximum atomic E-state index is 12.8. The van der Waals surface area contributed by atoms with E-state index in [-0.39, 0.29) is 11.9 Å². The Morgan fingerprint density at radius 3 is 1.97 bits per heavy atom. The molecule has 4 rings (SSSR count). The molecule has 4 nitrogen and oxygen atoms in total. The molecule has 3 aromatic carbocycles. The van der Waals surface area contributed by atoms with Crippen molar-refractivity contribution >= 4 is 5.91 Å². The molecule has 0 saturated carbocycles. The van der Waals surface area contributed by atoms with Crippen molar-refractivity contribution in [3.63, 3.8) is 0 Å². The molecule has 0 bridgehead atoms. The molecule has 4 aromatic rings. The summed E-state index contributed by atoms with van der Waals surface area (Å²) in [6, 6.07) is 30.4. The Hall–Kier alpha value is -3.66. The zero-order valence-corrected chi connectivity index (χ0v) is 18.0. The van der Waals surface area contributed by atoms with E-state index < -0.39 is 0 Å². The van der Waals surface area contributed by atoms with E-state index in [0.29, 0.717) is 12.8 Å². The van der Waals surface area contributed by atoms with Gasteiger partial charge in [-0.1, -0.05) is 72.8 Å². The van der Waals surface area contributed by atoms with E-state index in [4.69, 9.17) is 0 Å². The van der Waals surface area contributed by atoms with Crippen LogP contribution in [0, 0.1) is 13.8 Å².